The van der Waals surface area contributed by atoms with Gasteiger partial charge in [-0.1, -0.05) is 12.1 Å². The zero-order chi connectivity index (χ0) is 17.2. The first-order valence-corrected chi connectivity index (χ1v) is 8.79. The number of hydrogen-bond acceptors (Lipinski definition) is 4. The molecule has 2 atom stereocenters. The second kappa shape index (κ2) is 6.78. The van der Waals surface area contributed by atoms with Crippen LogP contribution in [0.4, 0.5) is 10.2 Å². The monoisotopic (exact) mass is 340 g/mol. The summed E-state index contributed by atoms with van der Waals surface area (Å²) in [6.07, 6.45) is 4.29. The Bertz CT molecular complexity index is 746. The van der Waals surface area contributed by atoms with Gasteiger partial charge in [0.05, 0.1) is 0 Å². The van der Waals surface area contributed by atoms with Crippen LogP contribution in [0.1, 0.15) is 30.7 Å². The fourth-order valence-electron chi connectivity index (χ4n) is 3.64. The third-order valence-corrected chi connectivity index (χ3v) is 5.12. The molecule has 1 aliphatic carbocycles. The van der Waals surface area contributed by atoms with Crippen LogP contribution in [0.3, 0.4) is 0 Å². The van der Waals surface area contributed by atoms with Gasteiger partial charge in [-0.05, 0) is 55.0 Å². The Kier molecular flexibility index (Phi) is 4.34. The normalized spacial score (nSPS) is 23.3. The van der Waals surface area contributed by atoms with Crippen LogP contribution in [0.2, 0.25) is 0 Å². The highest BCUT2D eigenvalue weighted by Crippen LogP contribution is 2.48. The number of rotatable bonds is 4. The summed E-state index contributed by atoms with van der Waals surface area (Å²) in [7, 11) is 0. The summed E-state index contributed by atoms with van der Waals surface area (Å²) in [5.41, 5.74) is 0.942. The van der Waals surface area contributed by atoms with Crippen LogP contribution in [-0.2, 0) is 4.79 Å². The van der Waals surface area contributed by atoms with Gasteiger partial charge >= 0.3 is 0 Å². The van der Waals surface area contributed by atoms with Crippen molar-refractivity contribution in [2.24, 2.45) is 5.92 Å². The molecule has 130 valence electrons. The van der Waals surface area contributed by atoms with Gasteiger partial charge in [-0.15, -0.1) is 5.10 Å². The number of halogens is 1. The molecule has 2 aromatic rings. The first-order chi connectivity index (χ1) is 12.2. The summed E-state index contributed by atoms with van der Waals surface area (Å²) in [5.74, 6) is 0.962. The molecule has 1 amide bonds. The van der Waals surface area contributed by atoms with E-state index in [-0.39, 0.29) is 23.6 Å². The van der Waals surface area contributed by atoms with Gasteiger partial charge in [-0.25, -0.2) is 4.39 Å². The Morgan fingerprint density at radius 3 is 2.76 bits per heavy atom. The summed E-state index contributed by atoms with van der Waals surface area (Å²) >= 11 is 0. The molecule has 1 N–H and O–H groups in total. The summed E-state index contributed by atoms with van der Waals surface area (Å²) in [6.45, 7) is 1.51. The van der Waals surface area contributed by atoms with Crippen molar-refractivity contribution in [1.29, 1.82) is 0 Å². The van der Waals surface area contributed by atoms with Gasteiger partial charge in [0.2, 0.25) is 5.91 Å². The predicted octanol–water partition coefficient (Wildman–Crippen LogP) is 2.82. The Labute approximate surface area is 146 Å². The number of amides is 1. The molecule has 5 nitrogen and oxygen atoms in total. The number of carbonyl (C=O) groups is 1. The molecular weight excluding hydrogens is 319 g/mol. The van der Waals surface area contributed by atoms with E-state index in [4.69, 9.17) is 0 Å². The maximum Gasteiger partial charge on any atom is 0.226 e. The molecule has 0 spiro atoms. The maximum atomic E-state index is 13.3. The lowest BCUT2D eigenvalue weighted by molar-refractivity contribution is -0.133. The zero-order valence-corrected chi connectivity index (χ0v) is 13.9. The van der Waals surface area contributed by atoms with Crippen LogP contribution < -0.4 is 5.32 Å². The van der Waals surface area contributed by atoms with Gasteiger partial charge in [0, 0.05) is 31.2 Å². The highest BCUT2D eigenvalue weighted by Gasteiger charge is 2.46. The molecule has 1 aromatic carbocycles. The Balaban J connectivity index is 1.29. The molecule has 1 aromatic heterocycles. The number of piperidine rings is 1. The van der Waals surface area contributed by atoms with Gasteiger partial charge in [0.15, 0.2) is 0 Å². The van der Waals surface area contributed by atoms with E-state index < -0.39 is 0 Å². The number of benzene rings is 1. The molecule has 1 aliphatic heterocycles. The minimum absolute atomic E-state index is 0.0197. The molecule has 25 heavy (non-hydrogen) atoms. The molecule has 4 rings (SSSR count). The van der Waals surface area contributed by atoms with Crippen molar-refractivity contribution >= 4 is 11.7 Å². The molecule has 2 aliphatic rings. The van der Waals surface area contributed by atoms with Crippen LogP contribution in [0.15, 0.2) is 42.6 Å². The van der Waals surface area contributed by atoms with Gasteiger partial charge < -0.3 is 10.2 Å². The standard InChI is InChI=1S/C19H21FN4O/c20-14-4-1-3-13(11-14)16-12-17(16)19(25)24-9-6-15(7-10-24)22-18-5-2-8-21-23-18/h1-5,8,11,15-17H,6-7,9-10,12H2,(H,22,23)/t16-,17-/m1/s1. The smallest absolute Gasteiger partial charge is 0.226 e. The lowest BCUT2D eigenvalue weighted by atomic mass is 10.0. The quantitative estimate of drug-likeness (QED) is 0.930. The Morgan fingerprint density at radius 2 is 2.04 bits per heavy atom. The van der Waals surface area contributed by atoms with Crippen LogP contribution in [-0.4, -0.2) is 40.1 Å². The van der Waals surface area contributed by atoms with Crippen molar-refractivity contribution < 1.29 is 9.18 Å². The first kappa shape index (κ1) is 16.0. The van der Waals surface area contributed by atoms with E-state index in [0.717, 1.165) is 43.7 Å². The number of nitrogens with one attached hydrogen (secondary N) is 1. The van der Waals surface area contributed by atoms with Crippen molar-refractivity contribution in [3.8, 4) is 0 Å². The average Bonchev–Trinajstić information content (AvgIpc) is 3.43. The molecule has 0 radical (unpaired) electrons. The summed E-state index contributed by atoms with van der Waals surface area (Å²) in [6, 6.07) is 10.7. The number of carbonyl (C=O) groups excluding carboxylic acids is 1. The van der Waals surface area contributed by atoms with E-state index in [1.807, 2.05) is 23.1 Å². The van der Waals surface area contributed by atoms with Crippen molar-refractivity contribution in [3.63, 3.8) is 0 Å². The van der Waals surface area contributed by atoms with Crippen LogP contribution in [0.25, 0.3) is 0 Å². The van der Waals surface area contributed by atoms with Crippen LogP contribution in [0.5, 0.6) is 0 Å². The molecule has 2 fully saturated rings. The highest BCUT2D eigenvalue weighted by molar-refractivity contribution is 5.83. The van der Waals surface area contributed by atoms with Crippen molar-refractivity contribution in [2.45, 2.75) is 31.2 Å². The van der Waals surface area contributed by atoms with E-state index in [0.29, 0.717) is 6.04 Å². The predicted molar refractivity (Wildman–Crippen MR) is 92.5 cm³/mol. The lowest BCUT2D eigenvalue weighted by Crippen LogP contribution is -2.43. The fraction of sp³-hybridized carbons (Fsp3) is 0.421. The maximum absolute atomic E-state index is 13.3. The van der Waals surface area contributed by atoms with Crippen molar-refractivity contribution in [1.82, 2.24) is 15.1 Å². The van der Waals surface area contributed by atoms with Crippen LogP contribution >= 0.6 is 0 Å². The third-order valence-electron chi connectivity index (χ3n) is 5.12. The molecule has 0 bridgehead atoms. The van der Waals surface area contributed by atoms with Gasteiger partial charge in [0.1, 0.15) is 11.6 Å². The van der Waals surface area contributed by atoms with E-state index in [1.54, 1.807) is 18.3 Å². The second-order valence-corrected chi connectivity index (χ2v) is 6.86. The van der Waals surface area contributed by atoms with Gasteiger partial charge in [-0.3, -0.25) is 4.79 Å². The largest absolute Gasteiger partial charge is 0.366 e. The molecule has 0 unspecified atom stereocenters. The summed E-state index contributed by atoms with van der Waals surface area (Å²) in [5, 5.41) is 11.3. The fourth-order valence-corrected chi connectivity index (χ4v) is 3.64. The number of likely N-dealkylation sites (tertiary alicyclic amines) is 1. The van der Waals surface area contributed by atoms with E-state index in [1.165, 1.54) is 6.07 Å². The molecule has 2 heterocycles. The SMILES string of the molecule is O=C([C@@H]1C[C@@H]1c1cccc(F)c1)N1CCC(Nc2cccnn2)CC1. The van der Waals surface area contributed by atoms with E-state index in [9.17, 15) is 9.18 Å². The number of aromatic nitrogens is 2. The third kappa shape index (κ3) is 3.62. The van der Waals surface area contributed by atoms with E-state index >= 15 is 0 Å². The summed E-state index contributed by atoms with van der Waals surface area (Å²) in [4.78, 5) is 14.6. The topological polar surface area (TPSA) is 58.1 Å². The van der Waals surface area contributed by atoms with E-state index in [2.05, 4.69) is 15.5 Å². The minimum Gasteiger partial charge on any atom is -0.366 e. The number of anilines is 1. The van der Waals surface area contributed by atoms with Gasteiger partial charge in [0.25, 0.3) is 0 Å². The Morgan fingerprint density at radius 1 is 1.20 bits per heavy atom. The Hall–Kier alpha value is -2.50. The molecule has 1 saturated heterocycles. The summed E-state index contributed by atoms with van der Waals surface area (Å²) < 4.78 is 13.3. The average molecular weight is 340 g/mol. The molecule has 6 heteroatoms. The van der Waals surface area contributed by atoms with Crippen molar-refractivity contribution in [2.75, 3.05) is 18.4 Å². The number of nitrogens with zero attached hydrogens (tertiary/aromatic N) is 3. The molecule has 1 saturated carbocycles. The number of hydrogen-bond donors (Lipinski definition) is 1. The van der Waals surface area contributed by atoms with Crippen molar-refractivity contribution in [3.05, 3.63) is 54.0 Å². The lowest BCUT2D eigenvalue weighted by Gasteiger charge is -2.32. The van der Waals surface area contributed by atoms with Crippen LogP contribution in [0, 0.1) is 11.7 Å². The molecular formula is C19H21FN4O. The highest BCUT2D eigenvalue weighted by atomic mass is 19.1. The second-order valence-electron chi connectivity index (χ2n) is 6.86. The zero-order valence-electron chi connectivity index (χ0n) is 13.9. The van der Waals surface area contributed by atoms with Gasteiger partial charge in [-0.2, -0.15) is 5.10 Å². The minimum atomic E-state index is -0.230. The first-order valence-electron chi connectivity index (χ1n) is 8.79.